The third-order valence-electron chi connectivity index (χ3n) is 13.9. The maximum atomic E-state index is 16.2. The number of phosphoric acid groups is 1. The van der Waals surface area contributed by atoms with Gasteiger partial charge in [-0.3, -0.25) is 14.2 Å². The fraction of sp³-hybridized carbons (Fsp3) is 0.469. The van der Waals surface area contributed by atoms with Crippen LogP contribution in [-0.2, 0) is 70.1 Å². The number of phosphoric ester groups is 1. The molecule has 5 aromatic rings. The van der Waals surface area contributed by atoms with Gasteiger partial charge in [-0.15, -0.1) is 0 Å². The molecule has 4 atom stereocenters. The van der Waals surface area contributed by atoms with Gasteiger partial charge in [0.2, 0.25) is 22.7 Å². The molecule has 21 nitrogen and oxygen atoms in total. The van der Waals surface area contributed by atoms with Crippen molar-refractivity contribution in [2.24, 2.45) is 5.92 Å². The molecule has 4 heterocycles. The third kappa shape index (κ3) is 14.2. The first-order valence-electron chi connectivity index (χ1n) is 24.9. The van der Waals surface area contributed by atoms with Crippen LogP contribution in [0.4, 0.5) is 59.3 Å². The van der Waals surface area contributed by atoms with Gasteiger partial charge in [-0.2, -0.15) is 49.6 Å². The van der Waals surface area contributed by atoms with Gasteiger partial charge in [-0.25, -0.2) is 49.3 Å². The molecule has 0 saturated carbocycles. The normalized spacial score (nSPS) is 17.8. The minimum absolute atomic E-state index is 0.0362. The van der Waals surface area contributed by atoms with Crippen LogP contribution >= 0.6 is 19.4 Å². The number of rotatable bonds is 17. The van der Waals surface area contributed by atoms with E-state index in [1.54, 1.807) is 0 Å². The Hall–Kier alpha value is -6.56. The number of likely N-dealkylation sites (tertiary alicyclic amines) is 1. The number of sulfonamides is 1. The molecule has 0 radical (unpaired) electrons. The average Bonchev–Trinajstić information content (AvgIpc) is 1.91. The number of carbonyl (C=O) groups excluding carboxylic acids is 3. The van der Waals surface area contributed by atoms with Crippen molar-refractivity contribution in [3.05, 3.63) is 93.0 Å². The van der Waals surface area contributed by atoms with Crippen molar-refractivity contribution in [1.29, 1.82) is 0 Å². The van der Waals surface area contributed by atoms with E-state index < -0.39 is 187 Å². The second kappa shape index (κ2) is 23.7. The molecule has 2 aliphatic rings. The highest BCUT2D eigenvalue weighted by Crippen LogP contribution is 2.57. The Morgan fingerprint density at radius 3 is 2.20 bits per heavy atom. The lowest BCUT2D eigenvalue weighted by atomic mass is 9.90. The van der Waals surface area contributed by atoms with Crippen molar-refractivity contribution in [3.8, 4) is 23.0 Å². The van der Waals surface area contributed by atoms with Gasteiger partial charge in [-0.05, 0) is 87.3 Å². The Bertz CT molecular complexity index is 3750. The Morgan fingerprint density at radius 1 is 0.976 bits per heavy atom. The Labute approximate surface area is 477 Å². The highest BCUT2D eigenvalue weighted by Gasteiger charge is 2.58. The molecule has 7 rings (SSSR count). The number of ether oxygens (including phenoxy) is 1. The van der Waals surface area contributed by atoms with E-state index in [2.05, 4.69) is 46.9 Å². The first-order chi connectivity index (χ1) is 38.6. The number of anilines is 1. The molecular formula is C49H51ClF10N9O12PS2. The van der Waals surface area contributed by atoms with Crippen LogP contribution in [0.3, 0.4) is 0 Å². The van der Waals surface area contributed by atoms with E-state index in [1.807, 2.05) is 0 Å². The summed E-state index contributed by atoms with van der Waals surface area (Å²) in [4.78, 5) is 64.6. The van der Waals surface area contributed by atoms with Crippen LogP contribution in [0.5, 0.6) is 0 Å². The molecule has 1 aliphatic carbocycles. The standard InChI is InChI=1S/C49H51ClF10N9O12PS2/c1-7-33-25(2)37-41(49(58,59)60)64-67(42(37)48(33,56)57)22-36(70)63-35(19-26-17-27(51)20-28(52)18-26)39-31(11-10-29(62-39)14-15-46(3,4)83(5,76)77)32-12-13-34(50)38-40(32)68(23-47(53,54)55)65-43(38)69(84(6,78)79)45(72)66-16-8-9-30(66)21-61-44(71)80-24-81-82(73,74)75/h10-13,17-18,20,25,30,33,35H,7-9,16,19,21-24H2,1-6H3,(H,61,71)(H,63,70)(H2,73,74,75)/t25-,30-,33+,35-/m0/s1. The molecule has 1 saturated heterocycles. The van der Waals surface area contributed by atoms with Gasteiger partial charge in [0.1, 0.15) is 40.9 Å². The minimum atomic E-state index is -5.30. The molecule has 84 heavy (non-hydrogen) atoms. The van der Waals surface area contributed by atoms with Gasteiger partial charge in [0.15, 0.2) is 21.3 Å². The maximum Gasteiger partial charge on any atom is 0.472 e. The zero-order valence-electron chi connectivity index (χ0n) is 44.7. The molecule has 0 bridgehead atoms. The van der Waals surface area contributed by atoms with Crippen molar-refractivity contribution in [1.82, 2.24) is 40.1 Å². The number of hydrogen-bond donors (Lipinski definition) is 4. The van der Waals surface area contributed by atoms with Gasteiger partial charge in [0.25, 0.3) is 5.92 Å². The van der Waals surface area contributed by atoms with E-state index >= 15 is 8.78 Å². The van der Waals surface area contributed by atoms with Crippen LogP contribution < -0.4 is 14.9 Å². The lowest BCUT2D eigenvalue weighted by molar-refractivity contribution is -0.143. The highest BCUT2D eigenvalue weighted by atomic mass is 35.5. The summed E-state index contributed by atoms with van der Waals surface area (Å²) in [5, 5.41) is 10.9. The van der Waals surface area contributed by atoms with Gasteiger partial charge in [0, 0.05) is 48.0 Å². The maximum absolute atomic E-state index is 16.2. The smallest absolute Gasteiger partial charge is 0.422 e. The SMILES string of the molecule is CC[C@@H]1[C@H](C)c2c(C(F)(F)F)nn(CC(=O)N[C@@H](Cc3cc(F)cc(F)c3)c3nc(C#CC(C)(C)S(C)(=O)=O)ccc3-c3ccc(Cl)c4c(N(C(=O)N5CCC[C@H]5CNC(=O)OCOP(=O)(O)O)S(C)(=O)=O)nn(CC(F)(F)F)c34)c2C1(F)F. The summed E-state index contributed by atoms with van der Waals surface area (Å²) in [7, 11) is -14.0. The first kappa shape index (κ1) is 65.0. The molecule has 4 amide bonds. The predicted molar refractivity (Wildman–Crippen MR) is 279 cm³/mol. The number of fused-ring (bicyclic) bond motifs is 2. The van der Waals surface area contributed by atoms with Crippen LogP contribution in [0.15, 0.2) is 42.5 Å². The van der Waals surface area contributed by atoms with E-state index in [4.69, 9.17) is 21.4 Å². The largest absolute Gasteiger partial charge is 0.472 e. The number of halogens is 11. The number of hydrogen-bond acceptors (Lipinski definition) is 13. The van der Waals surface area contributed by atoms with Crippen molar-refractivity contribution in [3.63, 3.8) is 0 Å². The second-order valence-electron chi connectivity index (χ2n) is 20.2. The van der Waals surface area contributed by atoms with Gasteiger partial charge in [-0.1, -0.05) is 37.4 Å². The average molecular weight is 1280 g/mol. The van der Waals surface area contributed by atoms with Crippen LogP contribution in [0.25, 0.3) is 22.0 Å². The number of aromatic nitrogens is 5. The predicted octanol–water partition coefficient (Wildman–Crippen LogP) is 8.46. The number of sulfone groups is 1. The van der Waals surface area contributed by atoms with E-state index in [9.17, 15) is 70.9 Å². The number of pyridine rings is 1. The minimum Gasteiger partial charge on any atom is -0.422 e. The molecule has 35 heteroatoms. The summed E-state index contributed by atoms with van der Waals surface area (Å²) in [6.07, 6.45) is -11.3. The van der Waals surface area contributed by atoms with Crippen LogP contribution in [0.1, 0.15) is 92.8 Å². The summed E-state index contributed by atoms with van der Waals surface area (Å²) < 4.78 is 222. The van der Waals surface area contributed by atoms with Crippen LogP contribution in [0, 0.1) is 29.4 Å². The topological polar surface area (TPSA) is 275 Å². The van der Waals surface area contributed by atoms with E-state index in [0.29, 0.717) is 12.3 Å². The summed E-state index contributed by atoms with van der Waals surface area (Å²) in [6, 6.07) is 1.97. The number of carbonyl (C=O) groups is 3. The molecule has 1 aliphatic heterocycles. The van der Waals surface area contributed by atoms with Crippen molar-refractivity contribution in [2.75, 3.05) is 36.7 Å². The third-order valence-corrected chi connectivity index (χ3v) is 17.6. The Kier molecular flexibility index (Phi) is 18.3. The molecular weight excluding hydrogens is 1230 g/mol. The number of urea groups is 1. The summed E-state index contributed by atoms with van der Waals surface area (Å²) in [6.45, 7) is -0.454. The summed E-state index contributed by atoms with van der Waals surface area (Å²) >= 11 is 6.75. The number of amides is 4. The van der Waals surface area contributed by atoms with Crippen LogP contribution in [0.2, 0.25) is 5.02 Å². The Morgan fingerprint density at radius 2 is 1.62 bits per heavy atom. The van der Waals surface area contributed by atoms with Gasteiger partial charge in [0.05, 0.1) is 40.0 Å². The van der Waals surface area contributed by atoms with E-state index in [-0.39, 0.29) is 56.3 Å². The van der Waals surface area contributed by atoms with Crippen molar-refractivity contribution >= 4 is 74.0 Å². The number of alkyl carbamates (subject to hydrolysis) is 1. The summed E-state index contributed by atoms with van der Waals surface area (Å²) in [5.41, 5.74) is -6.45. The second-order valence-corrected chi connectivity index (χ2v) is 26.3. The highest BCUT2D eigenvalue weighted by molar-refractivity contribution is 7.93. The summed E-state index contributed by atoms with van der Waals surface area (Å²) in [5.74, 6) is -6.76. The molecule has 2 aromatic carbocycles. The molecule has 458 valence electrons. The molecule has 4 N–H and O–H groups in total. The first-order valence-corrected chi connectivity index (χ1v) is 30.5. The fourth-order valence-electron chi connectivity index (χ4n) is 9.90. The van der Waals surface area contributed by atoms with Crippen molar-refractivity contribution in [2.45, 2.75) is 107 Å². The number of nitrogens with one attached hydrogen (secondary N) is 2. The fourth-order valence-corrected chi connectivity index (χ4v) is 11.4. The zero-order chi connectivity index (χ0) is 62.6. The van der Waals surface area contributed by atoms with Gasteiger partial charge < -0.3 is 30.1 Å². The monoisotopic (exact) mass is 1280 g/mol. The molecule has 3 aromatic heterocycles. The molecule has 0 spiro atoms. The van der Waals surface area contributed by atoms with Crippen LogP contribution in [-0.4, -0.2) is 123 Å². The zero-order valence-corrected chi connectivity index (χ0v) is 48.0. The quantitative estimate of drug-likeness (QED) is 0.0294. The number of alkyl halides is 8. The number of benzene rings is 2. The molecule has 0 unspecified atom stereocenters. The Balaban J connectivity index is 1.44. The van der Waals surface area contributed by atoms with Gasteiger partial charge >= 0.3 is 32.3 Å². The molecule has 1 fully saturated rings. The van der Waals surface area contributed by atoms with E-state index in [0.717, 1.165) is 54.5 Å². The van der Waals surface area contributed by atoms with E-state index in [1.165, 1.54) is 20.8 Å². The van der Waals surface area contributed by atoms with Crippen molar-refractivity contribution < 1.29 is 98.7 Å². The number of nitrogens with zero attached hydrogens (tertiary/aromatic N) is 7. The lowest BCUT2D eigenvalue weighted by Crippen LogP contribution is -2.51. The lowest BCUT2D eigenvalue weighted by Gasteiger charge is -2.29.